The summed E-state index contributed by atoms with van der Waals surface area (Å²) in [6.07, 6.45) is 1.40. The minimum absolute atomic E-state index is 0.191. The Morgan fingerprint density at radius 2 is 1.88 bits per heavy atom. The molecular formula is C24H22N4O5. The molecule has 0 saturated carbocycles. The molecule has 4 heterocycles. The highest BCUT2D eigenvalue weighted by molar-refractivity contribution is 5.97. The van der Waals surface area contributed by atoms with Gasteiger partial charge in [0.15, 0.2) is 23.4 Å². The van der Waals surface area contributed by atoms with Crippen molar-refractivity contribution in [1.82, 2.24) is 19.3 Å². The second kappa shape index (κ2) is 8.42. The lowest BCUT2D eigenvalue weighted by Gasteiger charge is -2.27. The number of nitrogens with zero attached hydrogens (tertiary/aromatic N) is 4. The molecule has 0 saturated heterocycles. The van der Waals surface area contributed by atoms with Crippen LogP contribution in [-0.2, 0) is 13.1 Å². The fourth-order valence-corrected chi connectivity index (χ4v) is 4.04. The third-order valence-electron chi connectivity index (χ3n) is 5.71. The molecule has 0 spiro atoms. The molecule has 4 aromatic rings. The van der Waals surface area contributed by atoms with Gasteiger partial charge >= 0.3 is 5.76 Å². The summed E-state index contributed by atoms with van der Waals surface area (Å²) in [5.41, 5.74) is 2.70. The second-order valence-corrected chi connectivity index (χ2v) is 7.89. The van der Waals surface area contributed by atoms with Gasteiger partial charge < -0.3 is 14.0 Å². The Kier molecular flexibility index (Phi) is 5.29. The summed E-state index contributed by atoms with van der Waals surface area (Å²) in [6, 6.07) is 14.6. The lowest BCUT2D eigenvalue weighted by Crippen LogP contribution is -2.33. The summed E-state index contributed by atoms with van der Waals surface area (Å²) in [6.45, 7) is 4.57. The summed E-state index contributed by atoms with van der Waals surface area (Å²) in [4.78, 5) is 29.6. The van der Waals surface area contributed by atoms with E-state index in [1.807, 2.05) is 48.7 Å². The van der Waals surface area contributed by atoms with Gasteiger partial charge in [-0.05, 0) is 44.2 Å². The van der Waals surface area contributed by atoms with Crippen LogP contribution in [0.15, 0.2) is 64.0 Å². The van der Waals surface area contributed by atoms with Crippen LogP contribution < -0.4 is 15.2 Å². The number of ether oxygens (including phenoxy) is 2. The van der Waals surface area contributed by atoms with E-state index in [-0.39, 0.29) is 24.3 Å². The molecule has 1 unspecified atom stereocenters. The highest BCUT2D eigenvalue weighted by atomic mass is 16.6. The zero-order valence-electron chi connectivity index (χ0n) is 18.2. The van der Waals surface area contributed by atoms with Crippen molar-refractivity contribution in [2.75, 3.05) is 6.61 Å². The van der Waals surface area contributed by atoms with E-state index in [9.17, 15) is 9.59 Å². The molecule has 9 nitrogen and oxygen atoms in total. The number of aryl methyl sites for hydroxylation is 1. The molecule has 168 valence electrons. The van der Waals surface area contributed by atoms with Crippen molar-refractivity contribution in [2.24, 2.45) is 0 Å². The van der Waals surface area contributed by atoms with Gasteiger partial charge in [-0.2, -0.15) is 0 Å². The highest BCUT2D eigenvalue weighted by Gasteiger charge is 2.25. The van der Waals surface area contributed by atoms with Crippen LogP contribution in [0.1, 0.15) is 21.7 Å². The van der Waals surface area contributed by atoms with E-state index in [0.717, 1.165) is 17.1 Å². The van der Waals surface area contributed by atoms with Gasteiger partial charge in [0, 0.05) is 23.1 Å². The van der Waals surface area contributed by atoms with Gasteiger partial charge in [0.25, 0.3) is 0 Å². The van der Waals surface area contributed by atoms with Crippen LogP contribution in [0.5, 0.6) is 11.5 Å². The van der Waals surface area contributed by atoms with Crippen molar-refractivity contribution in [3.8, 4) is 23.0 Å². The molecule has 1 aliphatic heterocycles. The van der Waals surface area contributed by atoms with E-state index in [1.165, 1.54) is 4.57 Å². The van der Waals surface area contributed by atoms with Crippen LogP contribution in [0.2, 0.25) is 0 Å². The number of ketones is 1. The van der Waals surface area contributed by atoms with E-state index < -0.39 is 5.76 Å². The monoisotopic (exact) mass is 446 g/mol. The lowest BCUT2D eigenvalue weighted by molar-refractivity contribution is 0.0777. The first-order valence-electron chi connectivity index (χ1n) is 10.6. The van der Waals surface area contributed by atoms with Crippen molar-refractivity contribution < 1.29 is 18.8 Å². The predicted octanol–water partition coefficient (Wildman–Crippen LogP) is 3.04. The molecule has 33 heavy (non-hydrogen) atoms. The number of hydrogen-bond acceptors (Lipinski definition) is 7. The van der Waals surface area contributed by atoms with Gasteiger partial charge in [-0.3, -0.25) is 14.3 Å². The molecule has 0 bridgehead atoms. The van der Waals surface area contributed by atoms with Gasteiger partial charge in [0.1, 0.15) is 12.3 Å². The van der Waals surface area contributed by atoms with Crippen LogP contribution in [-0.4, -0.2) is 37.8 Å². The van der Waals surface area contributed by atoms with Gasteiger partial charge in [0.05, 0.1) is 13.1 Å². The van der Waals surface area contributed by atoms with Gasteiger partial charge in [0.2, 0.25) is 5.82 Å². The number of para-hydroxylation sites is 2. The number of fused-ring (bicyclic) bond motifs is 1. The summed E-state index contributed by atoms with van der Waals surface area (Å²) in [5, 5.41) is 3.80. The Labute approximate surface area is 189 Å². The van der Waals surface area contributed by atoms with E-state index in [0.29, 0.717) is 30.2 Å². The molecule has 0 N–H and O–H groups in total. The number of benzene rings is 1. The molecule has 0 fully saturated rings. The number of carbonyl (C=O) groups excluding carboxylic acids is 1. The maximum absolute atomic E-state index is 13.2. The smallest absolute Gasteiger partial charge is 0.442 e. The van der Waals surface area contributed by atoms with Crippen molar-refractivity contribution in [3.63, 3.8) is 0 Å². The van der Waals surface area contributed by atoms with E-state index >= 15 is 0 Å². The van der Waals surface area contributed by atoms with E-state index in [4.69, 9.17) is 14.0 Å². The van der Waals surface area contributed by atoms with E-state index in [1.54, 1.807) is 24.4 Å². The standard InChI is InChI=1S/C24H22N4O5/c1-15-11-18(16(2)27(15)12-17-14-31-21-8-3-4-9-22(21)32-17)20(29)13-28-23(26-33-24(28)30)19-7-5-6-10-25-19/h3-11,17H,12-14H2,1-2H3. The van der Waals surface area contributed by atoms with Crippen LogP contribution in [0.3, 0.4) is 0 Å². The largest absolute Gasteiger partial charge is 0.486 e. The normalized spacial score (nSPS) is 14.9. The number of Topliss-reactive ketones (excluding diaryl/α,β-unsaturated/α-hetero) is 1. The van der Waals surface area contributed by atoms with Crippen LogP contribution in [0.25, 0.3) is 11.5 Å². The minimum Gasteiger partial charge on any atom is -0.486 e. The number of aromatic nitrogens is 4. The first kappa shape index (κ1) is 20.7. The first-order valence-corrected chi connectivity index (χ1v) is 10.6. The molecule has 1 aliphatic rings. The molecule has 0 amide bonds. The average Bonchev–Trinajstić information content (AvgIpc) is 3.33. The zero-order chi connectivity index (χ0) is 22.9. The Bertz CT molecular complexity index is 1370. The fourth-order valence-electron chi connectivity index (χ4n) is 4.04. The lowest BCUT2D eigenvalue weighted by atomic mass is 10.1. The van der Waals surface area contributed by atoms with Crippen molar-refractivity contribution >= 4 is 5.78 Å². The number of pyridine rings is 1. The van der Waals surface area contributed by atoms with Gasteiger partial charge in [-0.1, -0.05) is 23.4 Å². The summed E-state index contributed by atoms with van der Waals surface area (Å²) in [5.74, 6) is 0.733. The second-order valence-electron chi connectivity index (χ2n) is 7.89. The molecule has 5 rings (SSSR count). The van der Waals surface area contributed by atoms with Gasteiger partial charge in [-0.15, -0.1) is 0 Å². The van der Waals surface area contributed by atoms with Crippen LogP contribution >= 0.6 is 0 Å². The molecule has 3 aromatic heterocycles. The van der Waals surface area contributed by atoms with Crippen LogP contribution in [0, 0.1) is 13.8 Å². The van der Waals surface area contributed by atoms with Crippen molar-refractivity contribution in [2.45, 2.75) is 33.0 Å². The average molecular weight is 446 g/mol. The summed E-state index contributed by atoms with van der Waals surface area (Å²) < 4.78 is 19.9. The van der Waals surface area contributed by atoms with Crippen molar-refractivity contribution in [3.05, 3.63) is 82.2 Å². The third-order valence-corrected chi connectivity index (χ3v) is 5.71. The molecule has 1 aromatic carbocycles. The topological polar surface area (TPSA) is 101 Å². The number of rotatable bonds is 6. The molecule has 9 heteroatoms. The minimum atomic E-state index is -0.704. The summed E-state index contributed by atoms with van der Waals surface area (Å²) >= 11 is 0. The zero-order valence-corrected chi connectivity index (χ0v) is 18.2. The Balaban J connectivity index is 1.37. The Morgan fingerprint density at radius 3 is 2.67 bits per heavy atom. The number of carbonyl (C=O) groups is 1. The predicted molar refractivity (Wildman–Crippen MR) is 119 cm³/mol. The van der Waals surface area contributed by atoms with Crippen molar-refractivity contribution in [1.29, 1.82) is 0 Å². The molecule has 0 aliphatic carbocycles. The van der Waals surface area contributed by atoms with Gasteiger partial charge in [-0.25, -0.2) is 9.36 Å². The fraction of sp³-hybridized carbons (Fsp3) is 0.250. The third kappa shape index (κ3) is 3.93. The number of hydrogen-bond donors (Lipinski definition) is 0. The Morgan fingerprint density at radius 1 is 1.09 bits per heavy atom. The quantitative estimate of drug-likeness (QED) is 0.420. The maximum Gasteiger partial charge on any atom is 0.442 e. The SMILES string of the molecule is Cc1cc(C(=O)Cn2c(-c3ccccn3)noc2=O)c(C)n1CC1COc2ccccc2O1. The summed E-state index contributed by atoms with van der Waals surface area (Å²) in [7, 11) is 0. The first-order chi connectivity index (χ1) is 16.0. The maximum atomic E-state index is 13.2. The molecule has 1 atom stereocenters. The molecular weight excluding hydrogens is 424 g/mol. The van der Waals surface area contributed by atoms with Crippen LogP contribution in [0.4, 0.5) is 0 Å². The Hall–Kier alpha value is -4.14. The molecule has 0 radical (unpaired) electrons. The van der Waals surface area contributed by atoms with E-state index in [2.05, 4.69) is 10.1 Å². The highest BCUT2D eigenvalue weighted by Crippen LogP contribution is 2.31.